The fourth-order valence-corrected chi connectivity index (χ4v) is 3.25. The molecule has 1 aliphatic heterocycles. The summed E-state index contributed by atoms with van der Waals surface area (Å²) in [6.07, 6.45) is 4.10. The SMILES string of the molecule is Cc1ncc(-c2nc(-c3ccsc3)no2)c(NC[C@@H]2CCCO2)n1. The van der Waals surface area contributed by atoms with E-state index in [2.05, 4.69) is 25.4 Å². The van der Waals surface area contributed by atoms with Crippen LogP contribution in [0.2, 0.25) is 0 Å². The van der Waals surface area contributed by atoms with Crippen LogP contribution in [0, 0.1) is 6.92 Å². The quantitative estimate of drug-likeness (QED) is 0.761. The summed E-state index contributed by atoms with van der Waals surface area (Å²) in [5, 5.41) is 11.3. The van der Waals surface area contributed by atoms with Gasteiger partial charge in [-0.15, -0.1) is 0 Å². The van der Waals surface area contributed by atoms with E-state index in [0.717, 1.165) is 25.0 Å². The molecule has 24 heavy (non-hydrogen) atoms. The molecule has 8 heteroatoms. The number of nitrogens with one attached hydrogen (secondary N) is 1. The van der Waals surface area contributed by atoms with Gasteiger partial charge in [-0.05, 0) is 31.2 Å². The number of hydrogen-bond acceptors (Lipinski definition) is 8. The molecule has 3 aromatic rings. The third-order valence-electron chi connectivity index (χ3n) is 3.87. The van der Waals surface area contributed by atoms with Crippen molar-refractivity contribution in [3.05, 3.63) is 28.8 Å². The summed E-state index contributed by atoms with van der Waals surface area (Å²) < 4.78 is 11.1. The molecule has 0 aliphatic carbocycles. The molecule has 0 aromatic carbocycles. The molecule has 4 heterocycles. The van der Waals surface area contributed by atoms with Crippen LogP contribution >= 0.6 is 11.3 Å². The van der Waals surface area contributed by atoms with Crippen LogP contribution in [-0.2, 0) is 4.74 Å². The first-order chi connectivity index (χ1) is 11.8. The van der Waals surface area contributed by atoms with Crippen molar-refractivity contribution < 1.29 is 9.26 Å². The minimum atomic E-state index is 0.220. The largest absolute Gasteiger partial charge is 0.376 e. The van der Waals surface area contributed by atoms with Crippen molar-refractivity contribution in [3.63, 3.8) is 0 Å². The number of rotatable bonds is 5. The lowest BCUT2D eigenvalue weighted by Crippen LogP contribution is -2.19. The lowest BCUT2D eigenvalue weighted by molar-refractivity contribution is 0.120. The number of thiophene rings is 1. The monoisotopic (exact) mass is 343 g/mol. The molecule has 0 bridgehead atoms. The minimum Gasteiger partial charge on any atom is -0.376 e. The molecule has 1 saturated heterocycles. The van der Waals surface area contributed by atoms with Gasteiger partial charge in [-0.3, -0.25) is 0 Å². The summed E-state index contributed by atoms with van der Waals surface area (Å²) in [5.41, 5.74) is 1.64. The molecule has 124 valence electrons. The Kier molecular flexibility index (Phi) is 4.22. The molecular weight excluding hydrogens is 326 g/mol. The maximum absolute atomic E-state index is 5.65. The second-order valence-corrected chi connectivity index (χ2v) is 6.41. The second-order valence-electron chi connectivity index (χ2n) is 5.63. The molecule has 0 amide bonds. The van der Waals surface area contributed by atoms with Crippen molar-refractivity contribution in [3.8, 4) is 22.8 Å². The Morgan fingerprint density at radius 1 is 1.38 bits per heavy atom. The van der Waals surface area contributed by atoms with E-state index < -0.39 is 0 Å². The zero-order chi connectivity index (χ0) is 16.4. The summed E-state index contributed by atoms with van der Waals surface area (Å²) in [7, 11) is 0. The Hall–Kier alpha value is -2.32. The lowest BCUT2D eigenvalue weighted by Gasteiger charge is -2.13. The van der Waals surface area contributed by atoms with Crippen LogP contribution in [0.4, 0.5) is 5.82 Å². The highest BCUT2D eigenvalue weighted by Gasteiger charge is 2.19. The van der Waals surface area contributed by atoms with Crippen molar-refractivity contribution in [2.75, 3.05) is 18.5 Å². The number of nitrogens with zero attached hydrogens (tertiary/aromatic N) is 4. The fraction of sp³-hybridized carbons (Fsp3) is 0.375. The highest BCUT2D eigenvalue weighted by atomic mass is 32.1. The molecule has 1 N–H and O–H groups in total. The smallest absolute Gasteiger partial charge is 0.263 e. The maximum Gasteiger partial charge on any atom is 0.263 e. The molecule has 0 saturated carbocycles. The highest BCUT2D eigenvalue weighted by molar-refractivity contribution is 7.08. The lowest BCUT2D eigenvalue weighted by atomic mass is 10.2. The van der Waals surface area contributed by atoms with Crippen LogP contribution in [0.15, 0.2) is 27.5 Å². The van der Waals surface area contributed by atoms with Crippen molar-refractivity contribution in [1.29, 1.82) is 0 Å². The predicted molar refractivity (Wildman–Crippen MR) is 90.8 cm³/mol. The van der Waals surface area contributed by atoms with Crippen LogP contribution in [0.25, 0.3) is 22.8 Å². The van der Waals surface area contributed by atoms with Crippen molar-refractivity contribution in [1.82, 2.24) is 20.1 Å². The van der Waals surface area contributed by atoms with Crippen molar-refractivity contribution in [2.45, 2.75) is 25.9 Å². The second kappa shape index (κ2) is 6.66. The van der Waals surface area contributed by atoms with Gasteiger partial charge in [-0.2, -0.15) is 16.3 Å². The number of ether oxygens (including phenoxy) is 1. The summed E-state index contributed by atoms with van der Waals surface area (Å²) in [5.74, 6) is 2.35. The third-order valence-corrected chi connectivity index (χ3v) is 4.55. The van der Waals surface area contributed by atoms with E-state index in [1.807, 2.05) is 23.8 Å². The van der Waals surface area contributed by atoms with Crippen molar-refractivity contribution >= 4 is 17.2 Å². The van der Waals surface area contributed by atoms with Gasteiger partial charge in [0.2, 0.25) is 5.82 Å². The Morgan fingerprint density at radius 2 is 2.33 bits per heavy atom. The number of anilines is 1. The predicted octanol–water partition coefficient (Wildman–Crippen LogP) is 3.15. The van der Waals surface area contributed by atoms with Crippen LogP contribution in [0.5, 0.6) is 0 Å². The van der Waals surface area contributed by atoms with Gasteiger partial charge in [0.15, 0.2) is 0 Å². The molecule has 0 radical (unpaired) electrons. The maximum atomic E-state index is 5.65. The first-order valence-electron chi connectivity index (χ1n) is 7.85. The standard InChI is InChI=1S/C16H17N5O2S/c1-10-17-8-13(15(19-10)18-7-12-3-2-5-22-12)16-20-14(21-23-16)11-4-6-24-9-11/h4,6,8-9,12H,2-3,5,7H2,1H3,(H,17,18,19)/t12-/m0/s1. The van der Waals surface area contributed by atoms with Crippen molar-refractivity contribution in [2.24, 2.45) is 0 Å². The Balaban J connectivity index is 1.60. The van der Waals surface area contributed by atoms with E-state index >= 15 is 0 Å². The molecular formula is C16H17N5O2S. The number of hydrogen-bond donors (Lipinski definition) is 1. The summed E-state index contributed by atoms with van der Waals surface area (Å²) in [4.78, 5) is 13.2. The Labute approximate surface area is 143 Å². The minimum absolute atomic E-state index is 0.220. The van der Waals surface area contributed by atoms with Gasteiger partial charge < -0.3 is 14.6 Å². The van der Waals surface area contributed by atoms with E-state index in [1.165, 1.54) is 0 Å². The summed E-state index contributed by atoms with van der Waals surface area (Å²) in [6, 6.07) is 1.96. The first-order valence-corrected chi connectivity index (χ1v) is 8.79. The number of aryl methyl sites for hydroxylation is 1. The molecule has 1 atom stereocenters. The van der Waals surface area contributed by atoms with Gasteiger partial charge in [-0.25, -0.2) is 9.97 Å². The van der Waals surface area contributed by atoms with Gasteiger partial charge in [0.25, 0.3) is 5.89 Å². The van der Waals surface area contributed by atoms with Gasteiger partial charge in [0.05, 0.1) is 6.10 Å². The van der Waals surface area contributed by atoms with Gasteiger partial charge in [0.1, 0.15) is 17.2 Å². The fourth-order valence-electron chi connectivity index (χ4n) is 2.62. The van der Waals surface area contributed by atoms with E-state index in [9.17, 15) is 0 Å². The van der Waals surface area contributed by atoms with E-state index in [0.29, 0.717) is 35.5 Å². The van der Waals surface area contributed by atoms with Crippen LogP contribution in [0.1, 0.15) is 18.7 Å². The topological polar surface area (TPSA) is 86.0 Å². The molecule has 4 rings (SSSR count). The average molecular weight is 343 g/mol. The highest BCUT2D eigenvalue weighted by Crippen LogP contribution is 2.27. The number of aromatic nitrogens is 4. The van der Waals surface area contributed by atoms with Gasteiger partial charge in [0, 0.05) is 30.3 Å². The summed E-state index contributed by atoms with van der Waals surface area (Å²) >= 11 is 1.59. The van der Waals surface area contributed by atoms with E-state index in [1.54, 1.807) is 17.5 Å². The zero-order valence-corrected chi connectivity index (χ0v) is 14.0. The molecule has 0 unspecified atom stereocenters. The molecule has 1 aliphatic rings. The Morgan fingerprint density at radius 3 is 3.12 bits per heavy atom. The van der Waals surface area contributed by atoms with Crippen LogP contribution < -0.4 is 5.32 Å². The van der Waals surface area contributed by atoms with Gasteiger partial charge >= 0.3 is 0 Å². The van der Waals surface area contributed by atoms with E-state index in [4.69, 9.17) is 9.26 Å². The average Bonchev–Trinajstić information content (AvgIpc) is 3.33. The first kappa shape index (κ1) is 15.2. The normalized spacial score (nSPS) is 17.3. The van der Waals surface area contributed by atoms with Crippen LogP contribution in [-0.4, -0.2) is 39.4 Å². The molecule has 1 fully saturated rings. The van der Waals surface area contributed by atoms with Crippen LogP contribution in [0.3, 0.4) is 0 Å². The molecule has 0 spiro atoms. The summed E-state index contributed by atoms with van der Waals surface area (Å²) in [6.45, 7) is 3.39. The molecule has 7 nitrogen and oxygen atoms in total. The zero-order valence-electron chi connectivity index (χ0n) is 13.2. The third kappa shape index (κ3) is 3.15. The molecule has 3 aromatic heterocycles. The Bertz CT molecular complexity index is 812. The van der Waals surface area contributed by atoms with E-state index in [-0.39, 0.29) is 6.10 Å². The van der Waals surface area contributed by atoms with Gasteiger partial charge in [-0.1, -0.05) is 5.16 Å².